The Hall–Kier alpha value is -3.65. The van der Waals surface area contributed by atoms with Crippen LogP contribution >= 0.6 is 0 Å². The van der Waals surface area contributed by atoms with E-state index in [1.807, 2.05) is 12.1 Å². The monoisotopic (exact) mass is 346 g/mol. The number of nitrogens with zero attached hydrogens (tertiary/aromatic N) is 1. The lowest BCUT2D eigenvalue weighted by atomic mass is 10.1. The lowest BCUT2D eigenvalue weighted by Crippen LogP contribution is -1.77. The Morgan fingerprint density at radius 2 is 1.44 bits per heavy atom. The summed E-state index contributed by atoms with van der Waals surface area (Å²) >= 11 is 0. The third-order valence-electron chi connectivity index (χ3n) is 4.82. The molecule has 0 saturated carbocycles. The molecule has 0 fully saturated rings. The summed E-state index contributed by atoms with van der Waals surface area (Å²) in [6.45, 7) is 0. The highest BCUT2D eigenvalue weighted by Crippen LogP contribution is 2.24. The van der Waals surface area contributed by atoms with Crippen molar-refractivity contribution in [2.24, 2.45) is 0 Å². The van der Waals surface area contributed by atoms with Gasteiger partial charge in [-0.2, -0.15) is 0 Å². The second-order valence-electron chi connectivity index (χ2n) is 6.66. The molecule has 0 aliphatic rings. The molecule has 1 N–H and O–H groups in total. The molecule has 5 aromatic rings. The standard InChI is InChI=1S/C25H18N2/c1-2-6-19(7-3-1)22-13-14-23-24(17-22)27-25(26-23)15-11-18-10-12-20-8-4-5-9-21(20)16-18/h1-17H,(H,26,27)/b15-11+. The summed E-state index contributed by atoms with van der Waals surface area (Å²) in [7, 11) is 0. The molecule has 2 heteroatoms. The van der Waals surface area contributed by atoms with E-state index >= 15 is 0 Å². The number of H-pyrrole nitrogens is 1. The number of fused-ring (bicyclic) bond motifs is 2. The molecular formula is C25H18N2. The van der Waals surface area contributed by atoms with E-state index in [9.17, 15) is 0 Å². The number of benzene rings is 4. The fourth-order valence-electron chi connectivity index (χ4n) is 3.40. The van der Waals surface area contributed by atoms with Gasteiger partial charge in [0.05, 0.1) is 11.0 Å². The highest BCUT2D eigenvalue weighted by Gasteiger charge is 2.03. The van der Waals surface area contributed by atoms with E-state index in [1.165, 1.54) is 27.5 Å². The van der Waals surface area contributed by atoms with Crippen LogP contribution in [0.15, 0.2) is 91.0 Å². The number of aromatic amines is 1. The molecule has 0 aliphatic carbocycles. The Morgan fingerprint density at radius 3 is 2.33 bits per heavy atom. The van der Waals surface area contributed by atoms with Crippen LogP contribution in [0.5, 0.6) is 0 Å². The largest absolute Gasteiger partial charge is 0.338 e. The number of aromatic nitrogens is 2. The van der Waals surface area contributed by atoms with Crippen LogP contribution in [0.25, 0.3) is 45.1 Å². The smallest absolute Gasteiger partial charge is 0.131 e. The molecule has 0 aliphatic heterocycles. The third-order valence-corrected chi connectivity index (χ3v) is 4.82. The number of hydrogen-bond donors (Lipinski definition) is 1. The van der Waals surface area contributed by atoms with Crippen LogP contribution in [0.3, 0.4) is 0 Å². The first-order chi connectivity index (χ1) is 13.3. The fraction of sp³-hybridized carbons (Fsp3) is 0. The Balaban J connectivity index is 1.46. The van der Waals surface area contributed by atoms with Gasteiger partial charge in [0, 0.05) is 0 Å². The third kappa shape index (κ3) is 3.13. The first-order valence-electron chi connectivity index (χ1n) is 9.07. The molecule has 0 amide bonds. The van der Waals surface area contributed by atoms with Crippen molar-refractivity contribution in [2.45, 2.75) is 0 Å². The van der Waals surface area contributed by atoms with Gasteiger partial charge in [0.1, 0.15) is 5.82 Å². The lowest BCUT2D eigenvalue weighted by molar-refractivity contribution is 1.29. The second kappa shape index (κ2) is 6.58. The van der Waals surface area contributed by atoms with Gasteiger partial charge in [-0.1, -0.05) is 78.9 Å². The molecule has 1 heterocycles. The summed E-state index contributed by atoms with van der Waals surface area (Å²) in [5.41, 5.74) is 5.58. The maximum absolute atomic E-state index is 4.73. The average molecular weight is 346 g/mol. The maximum Gasteiger partial charge on any atom is 0.131 e. The van der Waals surface area contributed by atoms with Crippen molar-refractivity contribution in [3.05, 3.63) is 102 Å². The minimum Gasteiger partial charge on any atom is -0.338 e. The number of nitrogens with one attached hydrogen (secondary N) is 1. The van der Waals surface area contributed by atoms with Gasteiger partial charge in [0.25, 0.3) is 0 Å². The molecule has 1 aromatic heterocycles. The quantitative estimate of drug-likeness (QED) is 0.394. The summed E-state index contributed by atoms with van der Waals surface area (Å²) in [4.78, 5) is 8.12. The van der Waals surface area contributed by atoms with Crippen molar-refractivity contribution in [1.29, 1.82) is 0 Å². The van der Waals surface area contributed by atoms with Crippen LogP contribution in [0, 0.1) is 0 Å². The van der Waals surface area contributed by atoms with E-state index in [0.29, 0.717) is 0 Å². The molecule has 5 rings (SSSR count). The molecule has 27 heavy (non-hydrogen) atoms. The number of imidazole rings is 1. The molecule has 0 spiro atoms. The average Bonchev–Trinajstić information content (AvgIpc) is 3.15. The van der Waals surface area contributed by atoms with Gasteiger partial charge in [-0.3, -0.25) is 0 Å². The highest BCUT2D eigenvalue weighted by atomic mass is 14.9. The van der Waals surface area contributed by atoms with Crippen LogP contribution in [0.1, 0.15) is 11.4 Å². The van der Waals surface area contributed by atoms with E-state index in [0.717, 1.165) is 16.9 Å². The van der Waals surface area contributed by atoms with Gasteiger partial charge in [0.2, 0.25) is 0 Å². The minimum atomic E-state index is 0.864. The Kier molecular flexibility index (Phi) is 3.80. The second-order valence-corrected chi connectivity index (χ2v) is 6.66. The summed E-state index contributed by atoms with van der Waals surface area (Å²) in [6, 6.07) is 31.6. The van der Waals surface area contributed by atoms with Crippen molar-refractivity contribution in [2.75, 3.05) is 0 Å². The zero-order valence-electron chi connectivity index (χ0n) is 14.8. The normalized spacial score (nSPS) is 11.6. The summed E-state index contributed by atoms with van der Waals surface area (Å²) in [5, 5.41) is 2.50. The maximum atomic E-state index is 4.73. The van der Waals surface area contributed by atoms with Crippen LogP contribution in [-0.4, -0.2) is 9.97 Å². The van der Waals surface area contributed by atoms with Crippen molar-refractivity contribution in [1.82, 2.24) is 9.97 Å². The van der Waals surface area contributed by atoms with Crippen LogP contribution in [0.2, 0.25) is 0 Å². The van der Waals surface area contributed by atoms with Gasteiger partial charge in [0.15, 0.2) is 0 Å². The van der Waals surface area contributed by atoms with E-state index in [2.05, 4.69) is 96.0 Å². The first kappa shape index (κ1) is 15.6. The molecular weight excluding hydrogens is 328 g/mol. The number of rotatable bonds is 3. The van der Waals surface area contributed by atoms with Gasteiger partial charge >= 0.3 is 0 Å². The molecule has 0 radical (unpaired) electrons. The van der Waals surface area contributed by atoms with E-state index in [-0.39, 0.29) is 0 Å². The van der Waals surface area contributed by atoms with Crippen LogP contribution in [0.4, 0.5) is 0 Å². The molecule has 0 bridgehead atoms. The Bertz CT molecular complexity index is 1260. The Labute approximate surface area is 157 Å². The zero-order valence-corrected chi connectivity index (χ0v) is 14.8. The molecule has 0 unspecified atom stereocenters. The van der Waals surface area contributed by atoms with Crippen LogP contribution in [-0.2, 0) is 0 Å². The van der Waals surface area contributed by atoms with Crippen molar-refractivity contribution >= 4 is 34.0 Å². The highest BCUT2D eigenvalue weighted by molar-refractivity contribution is 5.87. The van der Waals surface area contributed by atoms with Gasteiger partial charge in [-0.25, -0.2) is 4.98 Å². The Morgan fingerprint density at radius 1 is 0.630 bits per heavy atom. The van der Waals surface area contributed by atoms with E-state index < -0.39 is 0 Å². The van der Waals surface area contributed by atoms with E-state index in [1.54, 1.807) is 0 Å². The number of hydrogen-bond acceptors (Lipinski definition) is 1. The van der Waals surface area contributed by atoms with Gasteiger partial charge in [-0.15, -0.1) is 0 Å². The SMILES string of the molecule is C(=C\c1nc2cc(-c3ccccc3)ccc2[nH]1)/c1ccc2ccccc2c1. The minimum absolute atomic E-state index is 0.864. The first-order valence-corrected chi connectivity index (χ1v) is 9.07. The summed E-state index contributed by atoms with van der Waals surface area (Å²) in [6.07, 6.45) is 4.13. The van der Waals surface area contributed by atoms with Crippen molar-refractivity contribution in [3.8, 4) is 11.1 Å². The topological polar surface area (TPSA) is 28.7 Å². The summed E-state index contributed by atoms with van der Waals surface area (Å²) < 4.78 is 0. The molecule has 4 aromatic carbocycles. The van der Waals surface area contributed by atoms with Gasteiger partial charge < -0.3 is 4.98 Å². The van der Waals surface area contributed by atoms with Crippen molar-refractivity contribution in [3.63, 3.8) is 0 Å². The lowest BCUT2D eigenvalue weighted by Gasteiger charge is -2.00. The van der Waals surface area contributed by atoms with Crippen molar-refractivity contribution < 1.29 is 0 Å². The summed E-state index contributed by atoms with van der Waals surface area (Å²) in [5.74, 6) is 0.864. The molecule has 128 valence electrons. The predicted octanol–water partition coefficient (Wildman–Crippen LogP) is 6.55. The fourth-order valence-corrected chi connectivity index (χ4v) is 3.40. The zero-order chi connectivity index (χ0) is 18.1. The predicted molar refractivity (Wildman–Crippen MR) is 114 cm³/mol. The van der Waals surface area contributed by atoms with Crippen LogP contribution < -0.4 is 0 Å². The molecule has 0 atom stereocenters. The van der Waals surface area contributed by atoms with E-state index in [4.69, 9.17) is 4.98 Å². The van der Waals surface area contributed by atoms with Gasteiger partial charge in [-0.05, 0) is 51.7 Å². The molecule has 2 nitrogen and oxygen atoms in total. The molecule has 0 saturated heterocycles.